The zero-order valence-corrected chi connectivity index (χ0v) is 12.2. The fourth-order valence-electron chi connectivity index (χ4n) is 3.35. The fraction of sp³-hybridized carbons (Fsp3) is 1.00. The van der Waals surface area contributed by atoms with E-state index in [-0.39, 0.29) is 0 Å². The van der Waals surface area contributed by atoms with Crippen LogP contribution >= 0.6 is 0 Å². The quantitative estimate of drug-likeness (QED) is 0.798. The van der Waals surface area contributed by atoms with Crippen LogP contribution in [0.1, 0.15) is 20.3 Å². The van der Waals surface area contributed by atoms with Crippen LogP contribution in [-0.2, 0) is 4.74 Å². The highest BCUT2D eigenvalue weighted by molar-refractivity contribution is 4.93. The van der Waals surface area contributed by atoms with Gasteiger partial charge in [-0.25, -0.2) is 0 Å². The van der Waals surface area contributed by atoms with Crippen molar-refractivity contribution in [2.75, 3.05) is 59.5 Å². The van der Waals surface area contributed by atoms with Gasteiger partial charge in [-0.05, 0) is 18.4 Å². The van der Waals surface area contributed by atoms with E-state index in [9.17, 15) is 0 Å². The van der Waals surface area contributed by atoms with Gasteiger partial charge in [-0.1, -0.05) is 13.8 Å². The lowest BCUT2D eigenvalue weighted by Gasteiger charge is -2.48. The van der Waals surface area contributed by atoms with Crippen LogP contribution in [-0.4, -0.2) is 75.4 Å². The maximum atomic E-state index is 5.16. The number of piperazine rings is 1. The average molecular weight is 255 g/mol. The molecule has 2 saturated heterocycles. The largest absolute Gasteiger partial charge is 0.383 e. The Morgan fingerprint density at radius 2 is 1.94 bits per heavy atom. The molecule has 1 N–H and O–H groups in total. The van der Waals surface area contributed by atoms with Gasteiger partial charge in [0.2, 0.25) is 0 Å². The molecule has 2 fully saturated rings. The summed E-state index contributed by atoms with van der Waals surface area (Å²) in [7, 11) is 1.79. The molecule has 4 heteroatoms. The highest BCUT2D eigenvalue weighted by Crippen LogP contribution is 2.30. The van der Waals surface area contributed by atoms with Crippen molar-refractivity contribution in [3.63, 3.8) is 0 Å². The first-order valence-corrected chi connectivity index (χ1v) is 7.29. The van der Waals surface area contributed by atoms with Gasteiger partial charge in [0.25, 0.3) is 0 Å². The number of nitrogens with zero attached hydrogens (tertiary/aromatic N) is 2. The molecule has 0 aromatic rings. The summed E-state index contributed by atoms with van der Waals surface area (Å²) in [5, 5.41) is 3.53. The third-order valence-electron chi connectivity index (χ3n) is 4.54. The Hall–Kier alpha value is -0.160. The number of rotatable bonds is 4. The van der Waals surface area contributed by atoms with Gasteiger partial charge in [-0.15, -0.1) is 0 Å². The Morgan fingerprint density at radius 1 is 1.22 bits per heavy atom. The topological polar surface area (TPSA) is 27.7 Å². The van der Waals surface area contributed by atoms with Crippen LogP contribution in [0.15, 0.2) is 0 Å². The van der Waals surface area contributed by atoms with E-state index in [1.54, 1.807) is 7.11 Å². The summed E-state index contributed by atoms with van der Waals surface area (Å²) in [6.07, 6.45) is 1.30. The van der Waals surface area contributed by atoms with Crippen molar-refractivity contribution in [2.24, 2.45) is 5.41 Å². The van der Waals surface area contributed by atoms with Crippen LogP contribution in [0.4, 0.5) is 0 Å². The molecule has 0 saturated carbocycles. The number of methoxy groups -OCH3 is 1. The van der Waals surface area contributed by atoms with E-state index in [2.05, 4.69) is 29.0 Å². The molecule has 0 amide bonds. The zero-order valence-electron chi connectivity index (χ0n) is 12.2. The predicted molar refractivity (Wildman–Crippen MR) is 74.9 cm³/mol. The first-order chi connectivity index (χ1) is 8.63. The van der Waals surface area contributed by atoms with Crippen molar-refractivity contribution < 1.29 is 4.74 Å². The molecule has 0 spiro atoms. The normalized spacial score (nSPS) is 30.5. The molecule has 18 heavy (non-hydrogen) atoms. The fourth-order valence-corrected chi connectivity index (χ4v) is 3.35. The molecular weight excluding hydrogens is 226 g/mol. The van der Waals surface area contributed by atoms with Gasteiger partial charge in [-0.3, -0.25) is 9.80 Å². The summed E-state index contributed by atoms with van der Waals surface area (Å²) in [5.74, 6) is 0. The Morgan fingerprint density at radius 3 is 2.56 bits per heavy atom. The molecular formula is C14H29N3O. The summed E-state index contributed by atoms with van der Waals surface area (Å²) in [5.41, 5.74) is 0.410. The second-order valence-electron chi connectivity index (χ2n) is 6.34. The minimum absolute atomic E-state index is 0.410. The standard InChI is InChI=1S/C14H29N3O/c1-14(2)12-15-5-4-13(14)17-8-6-16(7-9-17)10-11-18-3/h13,15H,4-12H2,1-3H3. The van der Waals surface area contributed by atoms with Crippen LogP contribution in [0.2, 0.25) is 0 Å². The Bertz CT molecular complexity index is 249. The highest BCUT2D eigenvalue weighted by Gasteiger charge is 2.37. The molecule has 1 atom stereocenters. The second kappa shape index (κ2) is 6.33. The van der Waals surface area contributed by atoms with Crippen LogP contribution in [0.3, 0.4) is 0 Å². The number of hydrogen-bond donors (Lipinski definition) is 1. The van der Waals surface area contributed by atoms with Crippen LogP contribution < -0.4 is 5.32 Å². The molecule has 0 aromatic heterocycles. The maximum Gasteiger partial charge on any atom is 0.0589 e. The second-order valence-corrected chi connectivity index (χ2v) is 6.34. The molecule has 2 heterocycles. The van der Waals surface area contributed by atoms with Crippen molar-refractivity contribution in [3.05, 3.63) is 0 Å². The minimum Gasteiger partial charge on any atom is -0.383 e. The van der Waals surface area contributed by atoms with E-state index < -0.39 is 0 Å². The van der Waals surface area contributed by atoms with Crippen LogP contribution in [0.5, 0.6) is 0 Å². The van der Waals surface area contributed by atoms with Crippen molar-refractivity contribution >= 4 is 0 Å². The molecule has 0 bridgehead atoms. The first-order valence-electron chi connectivity index (χ1n) is 7.29. The highest BCUT2D eigenvalue weighted by atomic mass is 16.5. The Labute approximate surface area is 112 Å². The van der Waals surface area contributed by atoms with Gasteiger partial charge in [0, 0.05) is 52.4 Å². The van der Waals surface area contributed by atoms with Gasteiger partial charge < -0.3 is 10.1 Å². The lowest BCUT2D eigenvalue weighted by molar-refractivity contribution is 0.0155. The van der Waals surface area contributed by atoms with Crippen molar-refractivity contribution in [3.8, 4) is 0 Å². The summed E-state index contributed by atoms with van der Waals surface area (Å²) >= 11 is 0. The lowest BCUT2D eigenvalue weighted by atomic mass is 9.79. The van der Waals surface area contributed by atoms with E-state index in [0.29, 0.717) is 5.41 Å². The van der Waals surface area contributed by atoms with Gasteiger partial charge in [0.15, 0.2) is 0 Å². The monoisotopic (exact) mass is 255 g/mol. The third-order valence-corrected chi connectivity index (χ3v) is 4.54. The van der Waals surface area contributed by atoms with Crippen LogP contribution in [0, 0.1) is 5.41 Å². The van der Waals surface area contributed by atoms with Crippen molar-refractivity contribution in [1.82, 2.24) is 15.1 Å². The molecule has 2 aliphatic heterocycles. The molecule has 0 radical (unpaired) electrons. The molecule has 4 nitrogen and oxygen atoms in total. The molecule has 0 aromatic carbocycles. The number of ether oxygens (including phenoxy) is 1. The zero-order chi connectivity index (χ0) is 13.0. The summed E-state index contributed by atoms with van der Waals surface area (Å²) < 4.78 is 5.16. The predicted octanol–water partition coefficient (Wildman–Crippen LogP) is 0.639. The molecule has 2 aliphatic rings. The lowest BCUT2D eigenvalue weighted by Crippen LogP contribution is -2.59. The van der Waals surface area contributed by atoms with Gasteiger partial charge in [-0.2, -0.15) is 0 Å². The molecule has 2 rings (SSSR count). The Kier molecular flexibility index (Phi) is 5.01. The van der Waals surface area contributed by atoms with E-state index in [1.165, 1.54) is 39.1 Å². The van der Waals surface area contributed by atoms with E-state index in [0.717, 1.165) is 25.7 Å². The van der Waals surface area contributed by atoms with E-state index >= 15 is 0 Å². The number of hydrogen-bond acceptors (Lipinski definition) is 4. The average Bonchev–Trinajstić information content (AvgIpc) is 2.37. The smallest absolute Gasteiger partial charge is 0.0589 e. The minimum atomic E-state index is 0.410. The number of piperidine rings is 1. The first kappa shape index (κ1) is 14.3. The number of nitrogens with one attached hydrogen (secondary N) is 1. The molecule has 106 valence electrons. The van der Waals surface area contributed by atoms with Gasteiger partial charge in [0.1, 0.15) is 0 Å². The van der Waals surface area contributed by atoms with Crippen molar-refractivity contribution in [2.45, 2.75) is 26.3 Å². The van der Waals surface area contributed by atoms with Crippen molar-refractivity contribution in [1.29, 1.82) is 0 Å². The summed E-state index contributed by atoms with van der Waals surface area (Å²) in [4.78, 5) is 5.23. The SMILES string of the molecule is COCCN1CCN(C2CCNCC2(C)C)CC1. The van der Waals surface area contributed by atoms with Gasteiger partial charge >= 0.3 is 0 Å². The van der Waals surface area contributed by atoms with Crippen LogP contribution in [0.25, 0.3) is 0 Å². The van der Waals surface area contributed by atoms with Gasteiger partial charge in [0.05, 0.1) is 6.61 Å². The maximum absolute atomic E-state index is 5.16. The summed E-state index contributed by atoms with van der Waals surface area (Å²) in [6, 6.07) is 0.753. The molecule has 0 aliphatic carbocycles. The third kappa shape index (κ3) is 3.44. The summed E-state index contributed by atoms with van der Waals surface area (Å²) in [6.45, 7) is 13.9. The Balaban J connectivity index is 1.81. The molecule has 1 unspecified atom stereocenters. The van der Waals surface area contributed by atoms with E-state index in [1.807, 2.05) is 0 Å². The van der Waals surface area contributed by atoms with E-state index in [4.69, 9.17) is 4.74 Å².